The van der Waals surface area contributed by atoms with Crippen LogP contribution in [0.5, 0.6) is 0 Å². The highest BCUT2D eigenvalue weighted by Gasteiger charge is 2.25. The van der Waals surface area contributed by atoms with Gasteiger partial charge in [0.2, 0.25) is 0 Å². The number of ether oxygens (including phenoxy) is 1. The standard InChI is InChI=1S/C14H17F2NO3/c1-8-5-6-10(15)11(12(8)16)13(18)17(3)7-9(2)14(19)20-4/h5-6,9H,7H2,1-4H3. The zero-order chi connectivity index (χ0) is 15.4. The number of nitrogens with zero attached hydrogens (tertiary/aromatic N) is 1. The van der Waals surface area contributed by atoms with E-state index in [0.29, 0.717) is 0 Å². The number of hydrogen-bond donors (Lipinski definition) is 0. The minimum atomic E-state index is -0.921. The zero-order valence-corrected chi connectivity index (χ0v) is 11.9. The van der Waals surface area contributed by atoms with Crippen molar-refractivity contribution < 1.29 is 23.1 Å². The quantitative estimate of drug-likeness (QED) is 0.796. The van der Waals surface area contributed by atoms with Crippen molar-refractivity contribution in [3.8, 4) is 0 Å². The van der Waals surface area contributed by atoms with Gasteiger partial charge in [0, 0.05) is 13.6 Å². The summed E-state index contributed by atoms with van der Waals surface area (Å²) in [5.74, 6) is -3.68. The molecule has 0 aliphatic carbocycles. The van der Waals surface area contributed by atoms with Crippen molar-refractivity contribution in [2.24, 2.45) is 5.92 Å². The van der Waals surface area contributed by atoms with Crippen molar-refractivity contribution >= 4 is 11.9 Å². The van der Waals surface area contributed by atoms with Crippen molar-refractivity contribution in [3.63, 3.8) is 0 Å². The number of rotatable bonds is 4. The van der Waals surface area contributed by atoms with Crippen LogP contribution in [0.25, 0.3) is 0 Å². The molecule has 1 aromatic rings. The van der Waals surface area contributed by atoms with Crippen LogP contribution in [-0.4, -0.2) is 37.5 Å². The number of esters is 1. The lowest BCUT2D eigenvalue weighted by Crippen LogP contribution is -2.35. The summed E-state index contributed by atoms with van der Waals surface area (Å²) in [7, 11) is 2.61. The highest BCUT2D eigenvalue weighted by molar-refractivity contribution is 5.95. The highest BCUT2D eigenvalue weighted by Crippen LogP contribution is 2.18. The van der Waals surface area contributed by atoms with E-state index in [4.69, 9.17) is 0 Å². The number of aryl methyl sites for hydroxylation is 1. The van der Waals surface area contributed by atoms with E-state index in [1.807, 2.05) is 0 Å². The molecule has 0 aliphatic rings. The van der Waals surface area contributed by atoms with Gasteiger partial charge in [0.25, 0.3) is 5.91 Å². The molecule has 0 saturated carbocycles. The smallest absolute Gasteiger partial charge is 0.310 e. The Bertz CT molecular complexity index is 531. The summed E-state index contributed by atoms with van der Waals surface area (Å²) >= 11 is 0. The third-order valence-electron chi connectivity index (χ3n) is 3.00. The molecule has 0 aromatic heterocycles. The largest absolute Gasteiger partial charge is 0.469 e. The zero-order valence-electron chi connectivity index (χ0n) is 11.9. The fourth-order valence-electron chi connectivity index (χ4n) is 1.81. The monoisotopic (exact) mass is 285 g/mol. The number of amides is 1. The molecule has 1 atom stereocenters. The SMILES string of the molecule is COC(=O)C(C)CN(C)C(=O)c1c(F)ccc(C)c1F. The first-order valence-electron chi connectivity index (χ1n) is 6.07. The summed E-state index contributed by atoms with van der Waals surface area (Å²) in [5, 5.41) is 0. The van der Waals surface area contributed by atoms with Gasteiger partial charge in [-0.15, -0.1) is 0 Å². The van der Waals surface area contributed by atoms with Gasteiger partial charge in [-0.25, -0.2) is 8.78 Å². The molecule has 0 N–H and O–H groups in total. The summed E-state index contributed by atoms with van der Waals surface area (Å²) in [6, 6.07) is 2.31. The summed E-state index contributed by atoms with van der Waals surface area (Å²) in [6.07, 6.45) is 0. The van der Waals surface area contributed by atoms with Crippen LogP contribution in [0.2, 0.25) is 0 Å². The first kappa shape index (κ1) is 16.1. The molecule has 20 heavy (non-hydrogen) atoms. The van der Waals surface area contributed by atoms with E-state index in [0.717, 1.165) is 11.0 Å². The van der Waals surface area contributed by atoms with Crippen molar-refractivity contribution in [2.75, 3.05) is 20.7 Å². The van der Waals surface area contributed by atoms with E-state index in [1.165, 1.54) is 27.1 Å². The van der Waals surface area contributed by atoms with Crippen molar-refractivity contribution in [3.05, 3.63) is 34.9 Å². The predicted octanol–water partition coefficient (Wildman–Crippen LogP) is 2.15. The number of hydrogen-bond acceptors (Lipinski definition) is 3. The molecule has 0 radical (unpaired) electrons. The lowest BCUT2D eigenvalue weighted by Gasteiger charge is -2.21. The number of benzene rings is 1. The van der Waals surface area contributed by atoms with Crippen LogP contribution in [0, 0.1) is 24.5 Å². The van der Waals surface area contributed by atoms with E-state index >= 15 is 0 Å². The first-order chi connectivity index (χ1) is 9.29. The maximum absolute atomic E-state index is 13.9. The van der Waals surface area contributed by atoms with Crippen molar-refractivity contribution in [1.29, 1.82) is 0 Å². The van der Waals surface area contributed by atoms with Gasteiger partial charge in [0.1, 0.15) is 17.2 Å². The molecule has 0 fully saturated rings. The van der Waals surface area contributed by atoms with Gasteiger partial charge < -0.3 is 9.64 Å². The van der Waals surface area contributed by atoms with Gasteiger partial charge >= 0.3 is 5.97 Å². The van der Waals surface area contributed by atoms with Crippen LogP contribution < -0.4 is 0 Å². The van der Waals surface area contributed by atoms with Crippen molar-refractivity contribution in [1.82, 2.24) is 4.90 Å². The second kappa shape index (κ2) is 6.45. The average Bonchev–Trinajstić information content (AvgIpc) is 2.42. The highest BCUT2D eigenvalue weighted by atomic mass is 19.1. The molecular formula is C14H17F2NO3. The molecule has 0 aliphatic heterocycles. The lowest BCUT2D eigenvalue weighted by molar-refractivity contribution is -0.145. The molecule has 0 heterocycles. The Morgan fingerprint density at radius 2 is 1.95 bits per heavy atom. The lowest BCUT2D eigenvalue weighted by atomic mass is 10.1. The first-order valence-corrected chi connectivity index (χ1v) is 6.07. The molecule has 1 rings (SSSR count). The molecular weight excluding hydrogens is 268 g/mol. The Labute approximate surface area is 116 Å². The summed E-state index contributed by atoms with van der Waals surface area (Å²) < 4.78 is 32.0. The number of methoxy groups -OCH3 is 1. The molecule has 110 valence electrons. The fraction of sp³-hybridized carbons (Fsp3) is 0.429. The van der Waals surface area contributed by atoms with Gasteiger partial charge in [-0.05, 0) is 18.6 Å². The Balaban J connectivity index is 2.96. The predicted molar refractivity (Wildman–Crippen MR) is 69.2 cm³/mol. The van der Waals surface area contributed by atoms with Crippen LogP contribution in [-0.2, 0) is 9.53 Å². The molecule has 1 amide bonds. The second-order valence-corrected chi connectivity index (χ2v) is 4.66. The summed E-state index contributed by atoms with van der Waals surface area (Å²) in [5.41, 5.74) is -0.422. The van der Waals surface area contributed by atoms with Crippen LogP contribution in [0.3, 0.4) is 0 Å². The number of carbonyl (C=O) groups is 2. The van der Waals surface area contributed by atoms with Gasteiger partial charge in [-0.3, -0.25) is 9.59 Å². The Kier molecular flexibility index (Phi) is 5.19. The molecule has 4 nitrogen and oxygen atoms in total. The van der Waals surface area contributed by atoms with Crippen LogP contribution in [0.15, 0.2) is 12.1 Å². The minimum absolute atomic E-state index is 0.0122. The second-order valence-electron chi connectivity index (χ2n) is 4.66. The van der Waals surface area contributed by atoms with Crippen molar-refractivity contribution in [2.45, 2.75) is 13.8 Å². The fourth-order valence-corrected chi connectivity index (χ4v) is 1.81. The van der Waals surface area contributed by atoms with E-state index in [2.05, 4.69) is 4.74 Å². The molecule has 0 saturated heterocycles. The van der Waals surface area contributed by atoms with E-state index in [-0.39, 0.29) is 12.1 Å². The normalized spacial score (nSPS) is 11.9. The number of halogens is 2. The van der Waals surface area contributed by atoms with E-state index in [1.54, 1.807) is 6.92 Å². The maximum atomic E-state index is 13.9. The van der Waals surface area contributed by atoms with Gasteiger partial charge in [0.15, 0.2) is 0 Å². The molecule has 0 bridgehead atoms. The number of carbonyl (C=O) groups excluding carboxylic acids is 2. The summed E-state index contributed by atoms with van der Waals surface area (Å²) in [4.78, 5) is 24.5. The third kappa shape index (κ3) is 3.31. The van der Waals surface area contributed by atoms with Gasteiger partial charge in [0.05, 0.1) is 13.0 Å². The average molecular weight is 285 g/mol. The molecule has 1 unspecified atom stereocenters. The summed E-state index contributed by atoms with van der Waals surface area (Å²) in [6.45, 7) is 3.03. The third-order valence-corrected chi connectivity index (χ3v) is 3.00. The topological polar surface area (TPSA) is 46.6 Å². The van der Waals surface area contributed by atoms with Crippen LogP contribution in [0.1, 0.15) is 22.8 Å². The Morgan fingerprint density at radius 1 is 1.35 bits per heavy atom. The Hall–Kier alpha value is -1.98. The van der Waals surface area contributed by atoms with E-state index in [9.17, 15) is 18.4 Å². The van der Waals surface area contributed by atoms with Gasteiger partial charge in [-0.1, -0.05) is 13.0 Å². The van der Waals surface area contributed by atoms with Gasteiger partial charge in [-0.2, -0.15) is 0 Å². The van der Waals surface area contributed by atoms with E-state index < -0.39 is 35.0 Å². The Morgan fingerprint density at radius 3 is 2.50 bits per heavy atom. The molecule has 6 heteroatoms. The molecule has 0 spiro atoms. The van der Waals surface area contributed by atoms with Crippen LogP contribution in [0.4, 0.5) is 8.78 Å². The maximum Gasteiger partial charge on any atom is 0.310 e. The minimum Gasteiger partial charge on any atom is -0.469 e. The van der Waals surface area contributed by atoms with Crippen LogP contribution >= 0.6 is 0 Å². The molecule has 1 aromatic carbocycles.